The minimum Gasteiger partial charge on any atom is -0.297 e. The third-order valence-electron chi connectivity index (χ3n) is 4.36. The largest absolute Gasteiger partial charge is 0.297 e. The highest BCUT2D eigenvalue weighted by Crippen LogP contribution is 2.26. The van der Waals surface area contributed by atoms with Gasteiger partial charge in [0.2, 0.25) is 0 Å². The zero-order chi connectivity index (χ0) is 14.9. The van der Waals surface area contributed by atoms with E-state index in [1.54, 1.807) is 0 Å². The van der Waals surface area contributed by atoms with E-state index in [0.717, 1.165) is 31.0 Å². The Labute approximate surface area is 126 Å². The van der Waals surface area contributed by atoms with Crippen molar-refractivity contribution in [2.24, 2.45) is 0 Å². The van der Waals surface area contributed by atoms with E-state index < -0.39 is 5.54 Å². The van der Waals surface area contributed by atoms with Gasteiger partial charge in [-0.3, -0.25) is 14.4 Å². The molecule has 112 valence electrons. The summed E-state index contributed by atoms with van der Waals surface area (Å²) in [7, 11) is 0. The molecule has 0 bridgehead atoms. The summed E-state index contributed by atoms with van der Waals surface area (Å²) < 4.78 is 1.84. The highest BCUT2D eigenvalue weighted by Gasteiger charge is 2.36. The first-order chi connectivity index (χ1) is 9.37. The standard InChI is InChI=1S/C15H24ClN3O/c1-5-19-12(14(16)11(2)17-19)10-13(20)15(3,4)18-8-6-7-9-18/h5-10H2,1-4H3. The molecule has 0 amide bonds. The molecule has 1 fully saturated rings. The maximum Gasteiger partial charge on any atom is 0.158 e. The quantitative estimate of drug-likeness (QED) is 0.839. The SMILES string of the molecule is CCn1nc(C)c(Cl)c1CC(=O)C(C)(C)N1CCCC1. The number of hydrogen-bond acceptors (Lipinski definition) is 3. The summed E-state index contributed by atoms with van der Waals surface area (Å²) in [4.78, 5) is 15.0. The number of aryl methyl sites for hydroxylation is 2. The van der Waals surface area contributed by atoms with Gasteiger partial charge in [0.1, 0.15) is 0 Å². The second-order valence-electron chi connectivity index (χ2n) is 6.01. The van der Waals surface area contributed by atoms with E-state index in [-0.39, 0.29) is 5.78 Å². The van der Waals surface area contributed by atoms with E-state index >= 15 is 0 Å². The van der Waals surface area contributed by atoms with Crippen molar-refractivity contribution in [2.75, 3.05) is 13.1 Å². The molecule has 0 aromatic carbocycles. The van der Waals surface area contributed by atoms with Crippen LogP contribution in [-0.4, -0.2) is 39.1 Å². The molecule has 1 saturated heterocycles. The summed E-state index contributed by atoms with van der Waals surface area (Å²) in [6.07, 6.45) is 2.73. The Morgan fingerprint density at radius 1 is 1.35 bits per heavy atom. The lowest BCUT2D eigenvalue weighted by Gasteiger charge is -2.34. The zero-order valence-electron chi connectivity index (χ0n) is 12.9. The molecule has 4 nitrogen and oxygen atoms in total. The summed E-state index contributed by atoms with van der Waals surface area (Å²) in [6.45, 7) is 10.7. The van der Waals surface area contributed by atoms with Gasteiger partial charge in [-0.15, -0.1) is 0 Å². The fourth-order valence-electron chi connectivity index (χ4n) is 2.86. The second-order valence-corrected chi connectivity index (χ2v) is 6.39. The van der Waals surface area contributed by atoms with E-state index in [0.29, 0.717) is 11.4 Å². The number of rotatable bonds is 5. The Hall–Kier alpha value is -0.870. The molecule has 1 aliphatic rings. The van der Waals surface area contributed by atoms with Crippen molar-refractivity contribution in [1.82, 2.24) is 14.7 Å². The van der Waals surface area contributed by atoms with E-state index in [2.05, 4.69) is 10.00 Å². The highest BCUT2D eigenvalue weighted by molar-refractivity contribution is 6.32. The fraction of sp³-hybridized carbons (Fsp3) is 0.733. The molecule has 0 atom stereocenters. The molecule has 1 aliphatic heterocycles. The van der Waals surface area contributed by atoms with Crippen LogP contribution in [0.15, 0.2) is 0 Å². The van der Waals surface area contributed by atoms with Crippen molar-refractivity contribution in [3.8, 4) is 0 Å². The number of carbonyl (C=O) groups excluding carboxylic acids is 1. The van der Waals surface area contributed by atoms with Gasteiger partial charge in [-0.2, -0.15) is 5.10 Å². The van der Waals surface area contributed by atoms with Crippen molar-refractivity contribution < 1.29 is 4.79 Å². The van der Waals surface area contributed by atoms with Crippen molar-refractivity contribution in [3.05, 3.63) is 16.4 Å². The van der Waals surface area contributed by atoms with Gasteiger partial charge in [0.05, 0.1) is 28.4 Å². The van der Waals surface area contributed by atoms with Crippen molar-refractivity contribution in [2.45, 2.75) is 59.0 Å². The summed E-state index contributed by atoms with van der Waals surface area (Å²) >= 11 is 6.30. The summed E-state index contributed by atoms with van der Waals surface area (Å²) in [5, 5.41) is 5.02. The molecular formula is C15H24ClN3O. The van der Waals surface area contributed by atoms with Gasteiger partial charge >= 0.3 is 0 Å². The number of halogens is 1. The smallest absolute Gasteiger partial charge is 0.158 e. The number of aromatic nitrogens is 2. The van der Waals surface area contributed by atoms with E-state index in [4.69, 9.17) is 11.6 Å². The average Bonchev–Trinajstić information content (AvgIpc) is 3.02. The van der Waals surface area contributed by atoms with Crippen LogP contribution in [-0.2, 0) is 17.8 Å². The van der Waals surface area contributed by atoms with Crippen LogP contribution in [0.3, 0.4) is 0 Å². The Balaban J connectivity index is 2.19. The van der Waals surface area contributed by atoms with Crippen molar-refractivity contribution in [3.63, 3.8) is 0 Å². The monoisotopic (exact) mass is 297 g/mol. The molecule has 0 saturated carbocycles. The van der Waals surface area contributed by atoms with Gasteiger partial charge < -0.3 is 0 Å². The molecule has 0 aliphatic carbocycles. The predicted molar refractivity (Wildman–Crippen MR) is 81.2 cm³/mol. The van der Waals surface area contributed by atoms with Crippen LogP contribution in [0.2, 0.25) is 5.02 Å². The Morgan fingerprint density at radius 2 is 1.95 bits per heavy atom. The van der Waals surface area contributed by atoms with E-state index in [1.165, 1.54) is 12.8 Å². The topological polar surface area (TPSA) is 38.1 Å². The lowest BCUT2D eigenvalue weighted by molar-refractivity contribution is -0.128. The molecule has 5 heteroatoms. The molecule has 2 heterocycles. The molecule has 0 unspecified atom stereocenters. The van der Waals surface area contributed by atoms with Crippen molar-refractivity contribution >= 4 is 17.4 Å². The summed E-state index contributed by atoms with van der Waals surface area (Å²) in [5.74, 6) is 0.218. The van der Waals surface area contributed by atoms with Gasteiger partial charge in [0, 0.05) is 6.54 Å². The van der Waals surface area contributed by atoms with Gasteiger partial charge in [-0.1, -0.05) is 11.6 Å². The molecular weight excluding hydrogens is 274 g/mol. The normalized spacial score (nSPS) is 16.9. The lowest BCUT2D eigenvalue weighted by Crippen LogP contribution is -2.49. The van der Waals surface area contributed by atoms with Crippen molar-refractivity contribution in [1.29, 1.82) is 0 Å². The third kappa shape index (κ3) is 2.77. The third-order valence-corrected chi connectivity index (χ3v) is 4.85. The number of hydrogen-bond donors (Lipinski definition) is 0. The molecule has 0 spiro atoms. The Bertz CT molecular complexity index is 501. The first-order valence-corrected chi connectivity index (χ1v) is 7.75. The number of Topliss-reactive ketones (excluding diaryl/α,β-unsaturated/α-hetero) is 1. The Morgan fingerprint density at radius 3 is 2.50 bits per heavy atom. The second kappa shape index (κ2) is 5.86. The fourth-order valence-corrected chi connectivity index (χ4v) is 3.06. The van der Waals surface area contributed by atoms with Gasteiger partial charge in [0.15, 0.2) is 5.78 Å². The summed E-state index contributed by atoms with van der Waals surface area (Å²) in [5.41, 5.74) is 1.23. The molecule has 0 N–H and O–H groups in total. The van der Waals surface area contributed by atoms with Crippen LogP contribution in [0, 0.1) is 6.92 Å². The van der Waals surface area contributed by atoms with Crippen LogP contribution in [0.5, 0.6) is 0 Å². The summed E-state index contributed by atoms with van der Waals surface area (Å²) in [6, 6.07) is 0. The number of carbonyl (C=O) groups is 1. The molecule has 20 heavy (non-hydrogen) atoms. The first kappa shape index (κ1) is 15.5. The van der Waals surface area contributed by atoms with Gasteiger partial charge in [0.25, 0.3) is 0 Å². The van der Waals surface area contributed by atoms with Crippen LogP contribution in [0.1, 0.15) is 45.0 Å². The predicted octanol–water partition coefficient (Wildman–Crippen LogP) is 2.85. The number of nitrogens with zero attached hydrogens (tertiary/aromatic N) is 3. The van der Waals surface area contributed by atoms with Crippen LogP contribution < -0.4 is 0 Å². The molecule has 0 radical (unpaired) electrons. The minimum atomic E-state index is -0.420. The maximum atomic E-state index is 12.7. The van der Waals surface area contributed by atoms with Crippen LogP contribution >= 0.6 is 11.6 Å². The molecule has 2 rings (SSSR count). The maximum absolute atomic E-state index is 12.7. The lowest BCUT2D eigenvalue weighted by atomic mass is 9.93. The first-order valence-electron chi connectivity index (χ1n) is 7.38. The Kier molecular flexibility index (Phi) is 4.55. The van der Waals surface area contributed by atoms with E-state index in [1.807, 2.05) is 32.4 Å². The number of likely N-dealkylation sites (tertiary alicyclic amines) is 1. The average molecular weight is 298 g/mol. The van der Waals surface area contributed by atoms with Crippen LogP contribution in [0.25, 0.3) is 0 Å². The molecule has 1 aromatic rings. The minimum absolute atomic E-state index is 0.218. The number of ketones is 1. The highest BCUT2D eigenvalue weighted by atomic mass is 35.5. The van der Waals surface area contributed by atoms with E-state index in [9.17, 15) is 4.79 Å². The zero-order valence-corrected chi connectivity index (χ0v) is 13.6. The molecule has 1 aromatic heterocycles. The van der Waals surface area contributed by atoms with Gasteiger partial charge in [-0.25, -0.2) is 0 Å². The van der Waals surface area contributed by atoms with Gasteiger partial charge in [-0.05, 0) is 53.6 Å². The van der Waals surface area contributed by atoms with Crippen LogP contribution in [0.4, 0.5) is 0 Å².